The van der Waals surface area contributed by atoms with Gasteiger partial charge in [-0.25, -0.2) is 4.39 Å². The third-order valence-corrected chi connectivity index (χ3v) is 4.48. The topological polar surface area (TPSA) is 36.0 Å². The summed E-state index contributed by atoms with van der Waals surface area (Å²) in [5, 5.41) is 12.0. The van der Waals surface area contributed by atoms with Crippen LogP contribution in [-0.4, -0.2) is 10.1 Å². The first-order chi connectivity index (χ1) is 10.0. The van der Waals surface area contributed by atoms with Crippen LogP contribution in [0.1, 0.15) is 24.2 Å². The molecule has 0 unspecified atom stereocenters. The van der Waals surface area contributed by atoms with Crippen LogP contribution >= 0.6 is 11.8 Å². The van der Waals surface area contributed by atoms with Crippen molar-refractivity contribution in [1.29, 1.82) is 0 Å². The molecule has 1 atom stereocenters. The Kier molecular flexibility index (Phi) is 3.74. The molecule has 2 nitrogen and oxygen atoms in total. The molecule has 0 aliphatic rings. The molecule has 1 heterocycles. The third-order valence-electron chi connectivity index (χ3n) is 3.47. The second kappa shape index (κ2) is 5.54. The zero-order valence-electron chi connectivity index (χ0n) is 11.9. The maximum Gasteiger partial charge on any atom is 0.126 e. The zero-order valence-corrected chi connectivity index (χ0v) is 12.7. The van der Waals surface area contributed by atoms with Gasteiger partial charge in [0.25, 0.3) is 0 Å². The van der Waals surface area contributed by atoms with Gasteiger partial charge in [-0.2, -0.15) is 0 Å². The number of aromatic nitrogens is 1. The van der Waals surface area contributed by atoms with Crippen LogP contribution < -0.4 is 0 Å². The van der Waals surface area contributed by atoms with E-state index < -0.39 is 6.10 Å². The summed E-state index contributed by atoms with van der Waals surface area (Å²) in [4.78, 5) is 4.20. The Hall–Kier alpha value is -1.78. The molecule has 3 rings (SSSR count). The summed E-state index contributed by atoms with van der Waals surface area (Å²) in [6, 6.07) is 13.3. The fraction of sp³-hybridized carbons (Fsp3) is 0.176. The molecular weight excluding hydrogens is 285 g/mol. The lowest BCUT2D eigenvalue weighted by molar-refractivity contribution is 0.196. The second-order valence-electron chi connectivity index (χ2n) is 5.14. The normalized spacial score (nSPS) is 12.8. The number of halogens is 1. The smallest absolute Gasteiger partial charge is 0.126 e. The van der Waals surface area contributed by atoms with Crippen molar-refractivity contribution in [2.24, 2.45) is 0 Å². The molecule has 2 N–H and O–H groups in total. The van der Waals surface area contributed by atoms with E-state index in [9.17, 15) is 9.50 Å². The van der Waals surface area contributed by atoms with Gasteiger partial charge in [-0.15, -0.1) is 0 Å². The zero-order chi connectivity index (χ0) is 15.0. The van der Waals surface area contributed by atoms with Crippen molar-refractivity contribution >= 4 is 22.7 Å². The number of aliphatic hydroxyl groups excluding tert-OH is 1. The van der Waals surface area contributed by atoms with Crippen molar-refractivity contribution in [3.63, 3.8) is 0 Å². The lowest BCUT2D eigenvalue weighted by Crippen LogP contribution is -1.97. The van der Waals surface area contributed by atoms with Crippen LogP contribution in [-0.2, 0) is 0 Å². The summed E-state index contributed by atoms with van der Waals surface area (Å²) < 4.78 is 13.7. The van der Waals surface area contributed by atoms with Crippen LogP contribution in [0.15, 0.2) is 52.4 Å². The average Bonchev–Trinajstić information content (AvgIpc) is 2.84. The van der Waals surface area contributed by atoms with Gasteiger partial charge in [-0.1, -0.05) is 30.0 Å². The first-order valence-electron chi connectivity index (χ1n) is 6.78. The van der Waals surface area contributed by atoms with Gasteiger partial charge >= 0.3 is 0 Å². The number of aryl methyl sites for hydroxylation is 1. The summed E-state index contributed by atoms with van der Waals surface area (Å²) in [5.74, 6) is -0.285. The van der Waals surface area contributed by atoms with Gasteiger partial charge in [0, 0.05) is 15.8 Å². The van der Waals surface area contributed by atoms with Gasteiger partial charge in [0.05, 0.1) is 11.1 Å². The van der Waals surface area contributed by atoms with Crippen LogP contribution in [0.25, 0.3) is 10.9 Å². The van der Waals surface area contributed by atoms with E-state index in [1.165, 1.54) is 17.8 Å². The molecule has 0 spiro atoms. The molecule has 108 valence electrons. The van der Waals surface area contributed by atoms with Crippen LogP contribution in [0.4, 0.5) is 4.39 Å². The summed E-state index contributed by atoms with van der Waals surface area (Å²) in [6.07, 6.45) is -0.702. The highest BCUT2D eigenvalue weighted by Gasteiger charge is 2.14. The lowest BCUT2D eigenvalue weighted by atomic mass is 10.1. The second-order valence-corrected chi connectivity index (χ2v) is 6.22. The van der Waals surface area contributed by atoms with Gasteiger partial charge in [0.15, 0.2) is 0 Å². The molecule has 0 aliphatic carbocycles. The van der Waals surface area contributed by atoms with Gasteiger partial charge in [0.1, 0.15) is 5.82 Å². The molecule has 0 saturated heterocycles. The Morgan fingerprint density at radius 3 is 2.67 bits per heavy atom. The monoisotopic (exact) mass is 301 g/mol. The molecule has 0 bridgehead atoms. The molecule has 0 fully saturated rings. The minimum atomic E-state index is -0.702. The van der Waals surface area contributed by atoms with Crippen molar-refractivity contribution in [1.82, 2.24) is 4.98 Å². The predicted octanol–water partition coefficient (Wildman–Crippen LogP) is 4.82. The van der Waals surface area contributed by atoms with E-state index in [2.05, 4.69) is 11.1 Å². The summed E-state index contributed by atoms with van der Waals surface area (Å²) in [6.45, 7) is 3.38. The highest BCUT2D eigenvalue weighted by atomic mass is 32.2. The average molecular weight is 301 g/mol. The molecular formula is C17H16FNOS. The van der Waals surface area contributed by atoms with Crippen molar-refractivity contribution in [3.8, 4) is 0 Å². The van der Waals surface area contributed by atoms with Crippen LogP contribution in [0.3, 0.4) is 0 Å². The maximum atomic E-state index is 13.7. The van der Waals surface area contributed by atoms with Crippen LogP contribution in [0.2, 0.25) is 0 Å². The number of aliphatic hydroxyl groups is 1. The number of para-hydroxylation sites is 1. The van der Waals surface area contributed by atoms with Gasteiger partial charge in [-0.3, -0.25) is 0 Å². The third kappa shape index (κ3) is 2.82. The fourth-order valence-electron chi connectivity index (χ4n) is 2.31. The first kappa shape index (κ1) is 14.2. The van der Waals surface area contributed by atoms with Crippen molar-refractivity contribution < 1.29 is 9.50 Å². The molecule has 0 radical (unpaired) electrons. The van der Waals surface area contributed by atoms with E-state index >= 15 is 0 Å². The molecule has 21 heavy (non-hydrogen) atoms. The Balaban J connectivity index is 2.02. The summed E-state index contributed by atoms with van der Waals surface area (Å²) in [5.41, 5.74) is 2.26. The van der Waals surface area contributed by atoms with E-state index in [1.807, 2.05) is 24.3 Å². The van der Waals surface area contributed by atoms with E-state index in [-0.39, 0.29) is 5.82 Å². The molecule has 0 aliphatic heterocycles. The van der Waals surface area contributed by atoms with E-state index in [0.717, 1.165) is 20.8 Å². The predicted molar refractivity (Wildman–Crippen MR) is 84.2 cm³/mol. The Labute approximate surface area is 127 Å². The standard InChI is InChI=1S/C17H16FNOS/c1-10-7-16(13(11(2)20)9-14(10)18)21-17-8-12-5-3-4-6-15(12)19-17/h3-9,11,19-20H,1-2H3/t11-/m0/s1. The van der Waals surface area contributed by atoms with Crippen molar-refractivity contribution in [2.45, 2.75) is 29.9 Å². The molecule has 2 aromatic carbocycles. The molecule has 1 aromatic heterocycles. The van der Waals surface area contributed by atoms with Crippen LogP contribution in [0, 0.1) is 12.7 Å². The minimum absolute atomic E-state index is 0.285. The van der Waals surface area contributed by atoms with Gasteiger partial charge in [0.2, 0.25) is 0 Å². The molecule has 0 saturated carbocycles. The number of hydrogen-bond donors (Lipinski definition) is 2. The highest BCUT2D eigenvalue weighted by molar-refractivity contribution is 7.99. The number of H-pyrrole nitrogens is 1. The first-order valence-corrected chi connectivity index (χ1v) is 7.60. The van der Waals surface area contributed by atoms with E-state index in [0.29, 0.717) is 11.1 Å². The summed E-state index contributed by atoms with van der Waals surface area (Å²) >= 11 is 1.51. The lowest BCUT2D eigenvalue weighted by Gasteiger charge is -2.12. The number of hydrogen-bond acceptors (Lipinski definition) is 2. The number of rotatable bonds is 3. The Bertz CT molecular complexity index is 762. The van der Waals surface area contributed by atoms with E-state index in [1.54, 1.807) is 19.9 Å². The quantitative estimate of drug-likeness (QED) is 0.727. The fourth-order valence-corrected chi connectivity index (χ4v) is 3.47. The number of fused-ring (bicyclic) bond motifs is 1. The minimum Gasteiger partial charge on any atom is -0.389 e. The van der Waals surface area contributed by atoms with Crippen LogP contribution in [0.5, 0.6) is 0 Å². The molecule has 4 heteroatoms. The maximum absolute atomic E-state index is 13.7. The summed E-state index contributed by atoms with van der Waals surface area (Å²) in [7, 11) is 0. The van der Waals surface area contributed by atoms with Crippen molar-refractivity contribution in [2.75, 3.05) is 0 Å². The Morgan fingerprint density at radius 2 is 1.95 bits per heavy atom. The number of aromatic amines is 1. The largest absolute Gasteiger partial charge is 0.389 e. The van der Waals surface area contributed by atoms with E-state index in [4.69, 9.17) is 0 Å². The number of nitrogens with one attached hydrogen (secondary N) is 1. The SMILES string of the molecule is Cc1cc(Sc2cc3ccccc3[nH]2)c([C@H](C)O)cc1F. The molecule has 0 amide bonds. The van der Waals surface area contributed by atoms with Crippen molar-refractivity contribution in [3.05, 3.63) is 59.4 Å². The molecule has 3 aromatic rings. The highest BCUT2D eigenvalue weighted by Crippen LogP contribution is 2.35. The van der Waals surface area contributed by atoms with Gasteiger partial charge in [-0.05, 0) is 49.2 Å². The number of benzene rings is 2. The Morgan fingerprint density at radius 1 is 1.19 bits per heavy atom. The van der Waals surface area contributed by atoms with Gasteiger partial charge < -0.3 is 10.1 Å².